The fourth-order valence-corrected chi connectivity index (χ4v) is 2.72. The zero-order chi connectivity index (χ0) is 13.4. The zero-order valence-electron chi connectivity index (χ0n) is 10.7. The van der Waals surface area contributed by atoms with Crippen molar-refractivity contribution >= 4 is 5.69 Å². The van der Waals surface area contributed by atoms with Gasteiger partial charge in [0.05, 0.1) is 6.04 Å². The van der Waals surface area contributed by atoms with Gasteiger partial charge in [0.25, 0.3) is 0 Å². The number of fused-ring (bicyclic) bond motifs is 1. The van der Waals surface area contributed by atoms with Gasteiger partial charge in [0.1, 0.15) is 11.6 Å². The molecule has 0 fully saturated rings. The molecule has 2 aromatic carbocycles. The van der Waals surface area contributed by atoms with Crippen LogP contribution in [0.5, 0.6) is 0 Å². The summed E-state index contributed by atoms with van der Waals surface area (Å²) in [6.07, 6.45) is 1.68. The minimum Gasteiger partial charge on any atom is -0.377 e. The van der Waals surface area contributed by atoms with E-state index in [2.05, 4.69) is 24.4 Å². The molecule has 1 aliphatic heterocycles. The van der Waals surface area contributed by atoms with Crippen LogP contribution in [0.1, 0.15) is 29.7 Å². The minimum absolute atomic E-state index is 0.108. The van der Waals surface area contributed by atoms with Crippen LogP contribution in [-0.4, -0.2) is 0 Å². The number of anilines is 1. The maximum atomic E-state index is 13.8. The van der Waals surface area contributed by atoms with E-state index in [1.165, 1.54) is 23.3 Å². The highest BCUT2D eigenvalue weighted by atomic mass is 19.1. The van der Waals surface area contributed by atoms with Gasteiger partial charge < -0.3 is 5.32 Å². The molecule has 1 aliphatic rings. The number of benzene rings is 2. The molecule has 1 N–H and O–H groups in total. The molecule has 1 heterocycles. The molecule has 98 valence electrons. The lowest BCUT2D eigenvalue weighted by atomic mass is 10.0. The van der Waals surface area contributed by atoms with E-state index in [1.54, 1.807) is 0 Å². The minimum atomic E-state index is -0.536. The maximum Gasteiger partial charge on any atom is 0.131 e. The van der Waals surface area contributed by atoms with Crippen molar-refractivity contribution in [2.24, 2.45) is 0 Å². The monoisotopic (exact) mass is 259 g/mol. The third kappa shape index (κ3) is 2.09. The number of hydrogen-bond donors (Lipinski definition) is 1. The number of halogens is 2. The van der Waals surface area contributed by atoms with Gasteiger partial charge in [-0.25, -0.2) is 8.78 Å². The first-order valence-corrected chi connectivity index (χ1v) is 6.51. The van der Waals surface area contributed by atoms with Crippen LogP contribution in [0.2, 0.25) is 0 Å². The van der Waals surface area contributed by atoms with Gasteiger partial charge in [-0.1, -0.05) is 31.2 Å². The molecule has 0 aromatic heterocycles. The van der Waals surface area contributed by atoms with Crippen LogP contribution in [0.25, 0.3) is 0 Å². The highest BCUT2D eigenvalue weighted by Crippen LogP contribution is 2.37. The van der Waals surface area contributed by atoms with Crippen molar-refractivity contribution in [2.75, 3.05) is 5.32 Å². The summed E-state index contributed by atoms with van der Waals surface area (Å²) in [5, 5.41) is 3.37. The van der Waals surface area contributed by atoms with E-state index in [-0.39, 0.29) is 6.04 Å². The van der Waals surface area contributed by atoms with Crippen molar-refractivity contribution in [3.8, 4) is 0 Å². The lowest BCUT2D eigenvalue weighted by Crippen LogP contribution is -2.08. The van der Waals surface area contributed by atoms with Gasteiger partial charge in [0.2, 0.25) is 0 Å². The molecule has 1 nitrogen and oxygen atoms in total. The highest BCUT2D eigenvalue weighted by molar-refractivity contribution is 5.63. The van der Waals surface area contributed by atoms with Crippen molar-refractivity contribution in [2.45, 2.75) is 25.8 Å². The van der Waals surface area contributed by atoms with Crippen molar-refractivity contribution in [3.63, 3.8) is 0 Å². The zero-order valence-corrected chi connectivity index (χ0v) is 10.7. The fraction of sp³-hybridized carbons (Fsp3) is 0.250. The summed E-state index contributed by atoms with van der Waals surface area (Å²) in [5.74, 6) is -1.02. The van der Waals surface area contributed by atoms with Crippen LogP contribution in [0.3, 0.4) is 0 Å². The smallest absolute Gasteiger partial charge is 0.131 e. The molecule has 1 unspecified atom stereocenters. The quantitative estimate of drug-likeness (QED) is 0.850. The highest BCUT2D eigenvalue weighted by Gasteiger charge is 2.25. The fourth-order valence-electron chi connectivity index (χ4n) is 2.72. The Labute approximate surface area is 111 Å². The Morgan fingerprint density at radius 3 is 2.79 bits per heavy atom. The molecule has 0 radical (unpaired) electrons. The molecule has 19 heavy (non-hydrogen) atoms. The van der Waals surface area contributed by atoms with Crippen LogP contribution in [0, 0.1) is 11.6 Å². The number of para-hydroxylation sites is 1. The van der Waals surface area contributed by atoms with Crippen molar-refractivity contribution in [3.05, 3.63) is 64.7 Å². The Morgan fingerprint density at radius 1 is 1.21 bits per heavy atom. The second-order valence-electron chi connectivity index (χ2n) is 4.87. The van der Waals surface area contributed by atoms with Crippen LogP contribution < -0.4 is 5.32 Å². The first kappa shape index (κ1) is 12.2. The maximum absolute atomic E-state index is 13.8. The lowest BCUT2D eigenvalue weighted by Gasteiger charge is -2.13. The van der Waals surface area contributed by atoms with Gasteiger partial charge in [0, 0.05) is 17.3 Å². The summed E-state index contributed by atoms with van der Waals surface area (Å²) in [5.41, 5.74) is 4.08. The van der Waals surface area contributed by atoms with Crippen LogP contribution >= 0.6 is 0 Å². The number of rotatable bonds is 2. The van der Waals surface area contributed by atoms with Crippen molar-refractivity contribution in [1.29, 1.82) is 0 Å². The molecule has 0 bridgehead atoms. The Morgan fingerprint density at radius 2 is 2.05 bits per heavy atom. The topological polar surface area (TPSA) is 12.0 Å². The van der Waals surface area contributed by atoms with Crippen LogP contribution in [-0.2, 0) is 12.8 Å². The van der Waals surface area contributed by atoms with E-state index in [0.717, 1.165) is 24.6 Å². The molecule has 3 heteroatoms. The van der Waals surface area contributed by atoms with Crippen LogP contribution in [0.4, 0.5) is 14.5 Å². The van der Waals surface area contributed by atoms with E-state index in [1.807, 2.05) is 6.07 Å². The average Bonchev–Trinajstić information content (AvgIpc) is 2.81. The molecule has 0 saturated heterocycles. The summed E-state index contributed by atoms with van der Waals surface area (Å²) < 4.78 is 26.8. The normalized spacial score (nSPS) is 17.1. The summed E-state index contributed by atoms with van der Waals surface area (Å²) in [7, 11) is 0. The number of hydrogen-bond acceptors (Lipinski definition) is 1. The van der Waals surface area contributed by atoms with Gasteiger partial charge in [-0.3, -0.25) is 0 Å². The summed E-state index contributed by atoms with van der Waals surface area (Å²) >= 11 is 0. The van der Waals surface area contributed by atoms with Crippen molar-refractivity contribution < 1.29 is 8.78 Å². The number of aryl methyl sites for hydroxylation is 1. The SMILES string of the molecule is CCc1cccc2c1NC(c1ccc(F)cc1F)C2. The third-order valence-electron chi connectivity index (χ3n) is 3.70. The van der Waals surface area contributed by atoms with Crippen LogP contribution in [0.15, 0.2) is 36.4 Å². The largest absolute Gasteiger partial charge is 0.377 e. The summed E-state index contributed by atoms with van der Waals surface area (Å²) in [6.45, 7) is 2.10. The Balaban J connectivity index is 1.95. The molecule has 1 atom stereocenters. The standard InChI is InChI=1S/C16H15F2N/c1-2-10-4-3-5-11-8-15(19-16(10)11)13-7-6-12(17)9-14(13)18/h3-7,9,15,19H,2,8H2,1H3. The van der Waals surface area contributed by atoms with E-state index in [4.69, 9.17) is 0 Å². The molecule has 0 aliphatic carbocycles. The first-order valence-electron chi connectivity index (χ1n) is 6.51. The van der Waals surface area contributed by atoms with Gasteiger partial charge >= 0.3 is 0 Å². The Hall–Kier alpha value is -1.90. The summed E-state index contributed by atoms with van der Waals surface area (Å²) in [6, 6.07) is 9.84. The first-order chi connectivity index (χ1) is 9.19. The molecule has 3 rings (SSSR count). The summed E-state index contributed by atoms with van der Waals surface area (Å²) in [4.78, 5) is 0. The van der Waals surface area contributed by atoms with Gasteiger partial charge in [-0.2, -0.15) is 0 Å². The van der Waals surface area contributed by atoms with Crippen molar-refractivity contribution in [1.82, 2.24) is 0 Å². The predicted molar refractivity (Wildman–Crippen MR) is 72.2 cm³/mol. The Kier molecular flexibility index (Phi) is 2.97. The van der Waals surface area contributed by atoms with Gasteiger partial charge in [-0.05, 0) is 30.0 Å². The predicted octanol–water partition coefficient (Wildman–Crippen LogP) is 4.24. The molecule has 2 aromatic rings. The van der Waals surface area contributed by atoms with E-state index >= 15 is 0 Å². The molecular formula is C16H15F2N. The molecule has 0 spiro atoms. The van der Waals surface area contributed by atoms with Gasteiger partial charge in [-0.15, -0.1) is 0 Å². The molecular weight excluding hydrogens is 244 g/mol. The molecule has 0 saturated carbocycles. The van der Waals surface area contributed by atoms with Gasteiger partial charge in [0.15, 0.2) is 0 Å². The second-order valence-corrected chi connectivity index (χ2v) is 4.87. The average molecular weight is 259 g/mol. The third-order valence-corrected chi connectivity index (χ3v) is 3.70. The Bertz CT molecular complexity index is 622. The van der Waals surface area contributed by atoms with E-state index < -0.39 is 11.6 Å². The second kappa shape index (κ2) is 4.65. The number of nitrogens with one attached hydrogen (secondary N) is 1. The lowest BCUT2D eigenvalue weighted by molar-refractivity contribution is 0.563. The molecule has 0 amide bonds. The van der Waals surface area contributed by atoms with E-state index in [9.17, 15) is 8.78 Å². The van der Waals surface area contributed by atoms with E-state index in [0.29, 0.717) is 5.56 Å².